The minimum atomic E-state index is -0.363. The quantitative estimate of drug-likeness (QED) is 0.711. The van der Waals surface area contributed by atoms with Gasteiger partial charge in [-0.2, -0.15) is 0 Å². The second-order valence-corrected chi connectivity index (χ2v) is 4.93. The summed E-state index contributed by atoms with van der Waals surface area (Å²) in [6, 6.07) is 9.94. The van der Waals surface area contributed by atoms with Crippen LogP contribution in [-0.2, 0) is 6.42 Å². The molecule has 0 radical (unpaired) electrons. The Labute approximate surface area is 126 Å². The summed E-state index contributed by atoms with van der Waals surface area (Å²) >= 11 is 0. The first-order valence-electron chi connectivity index (χ1n) is 7.06. The van der Waals surface area contributed by atoms with Gasteiger partial charge in [-0.15, -0.1) is 0 Å². The molecule has 1 aromatic carbocycles. The number of aryl methyl sites for hydroxylation is 1. The molecule has 0 aliphatic heterocycles. The topological polar surface area (TPSA) is 70.7 Å². The van der Waals surface area contributed by atoms with Crippen LogP contribution in [0.3, 0.4) is 0 Å². The molecule has 5 nitrogen and oxygen atoms in total. The minimum absolute atomic E-state index is 0.193. The van der Waals surface area contributed by atoms with Crippen LogP contribution in [0, 0.1) is 5.82 Å². The molecule has 6 heteroatoms. The van der Waals surface area contributed by atoms with Crippen molar-refractivity contribution < 1.29 is 9.18 Å². The van der Waals surface area contributed by atoms with Crippen molar-refractivity contribution in [3.8, 4) is 0 Å². The Kier molecular flexibility index (Phi) is 4.09. The van der Waals surface area contributed by atoms with Crippen LogP contribution < -0.4 is 5.32 Å². The number of nitrogens with one attached hydrogen (secondary N) is 2. The molecule has 3 aromatic rings. The summed E-state index contributed by atoms with van der Waals surface area (Å²) in [5.74, 6) is -0.463. The van der Waals surface area contributed by atoms with E-state index in [1.165, 1.54) is 12.1 Å². The van der Waals surface area contributed by atoms with E-state index in [4.69, 9.17) is 0 Å². The highest BCUT2D eigenvalue weighted by molar-refractivity contribution is 5.94. The van der Waals surface area contributed by atoms with Crippen molar-refractivity contribution in [1.29, 1.82) is 0 Å². The molecule has 22 heavy (non-hydrogen) atoms. The molecule has 2 N–H and O–H groups in total. The molecule has 0 spiro atoms. The van der Waals surface area contributed by atoms with E-state index in [0.717, 1.165) is 18.5 Å². The summed E-state index contributed by atoms with van der Waals surface area (Å²) < 4.78 is 13.1. The lowest BCUT2D eigenvalue weighted by Crippen LogP contribution is -2.25. The molecule has 0 unspecified atom stereocenters. The average molecular weight is 298 g/mol. The number of rotatable bonds is 5. The molecule has 0 aliphatic rings. The lowest BCUT2D eigenvalue weighted by Gasteiger charge is -2.02. The number of imidazole rings is 1. The van der Waals surface area contributed by atoms with E-state index in [1.54, 1.807) is 12.3 Å². The molecule has 1 amide bonds. The average Bonchev–Trinajstić information content (AvgIpc) is 2.95. The first kappa shape index (κ1) is 14.2. The smallest absolute Gasteiger partial charge is 0.287 e. The standard InChI is InChI=1S/C16H15FN4O/c17-11-6-7-13-14(10-11)21-15(20-13)16(22)19-9-3-5-12-4-1-2-8-18-12/h1-2,4,6-8,10H,3,5,9H2,(H,19,22)(H,20,21). The Morgan fingerprint density at radius 1 is 1.27 bits per heavy atom. The van der Waals surface area contributed by atoms with Crippen molar-refractivity contribution in [3.05, 3.63) is 59.9 Å². The Morgan fingerprint density at radius 3 is 3.00 bits per heavy atom. The third kappa shape index (κ3) is 3.28. The fourth-order valence-electron chi connectivity index (χ4n) is 2.19. The largest absolute Gasteiger partial charge is 0.349 e. The molecule has 0 aliphatic carbocycles. The summed E-state index contributed by atoms with van der Waals surface area (Å²) in [6.45, 7) is 0.529. The molecule has 0 saturated heterocycles. The number of fused-ring (bicyclic) bond motifs is 1. The van der Waals surface area contributed by atoms with Crippen LogP contribution in [0.4, 0.5) is 4.39 Å². The van der Waals surface area contributed by atoms with Gasteiger partial charge in [0.2, 0.25) is 0 Å². The minimum Gasteiger partial charge on any atom is -0.349 e. The zero-order chi connectivity index (χ0) is 15.4. The van der Waals surface area contributed by atoms with Gasteiger partial charge in [0.1, 0.15) is 5.82 Å². The predicted octanol–water partition coefficient (Wildman–Crippen LogP) is 2.46. The van der Waals surface area contributed by atoms with E-state index < -0.39 is 0 Å². The number of hydrogen-bond acceptors (Lipinski definition) is 3. The zero-order valence-electron chi connectivity index (χ0n) is 11.8. The van der Waals surface area contributed by atoms with E-state index in [-0.39, 0.29) is 17.5 Å². The molecule has 112 valence electrons. The number of nitrogens with zero attached hydrogens (tertiary/aromatic N) is 2. The molecule has 0 saturated carbocycles. The van der Waals surface area contributed by atoms with Crippen LogP contribution in [-0.4, -0.2) is 27.4 Å². The lowest BCUT2D eigenvalue weighted by atomic mass is 10.2. The predicted molar refractivity (Wildman–Crippen MR) is 80.9 cm³/mol. The highest BCUT2D eigenvalue weighted by Crippen LogP contribution is 2.12. The second kappa shape index (κ2) is 6.34. The molecule has 0 atom stereocenters. The number of benzene rings is 1. The van der Waals surface area contributed by atoms with Crippen LogP contribution in [0.2, 0.25) is 0 Å². The second-order valence-electron chi connectivity index (χ2n) is 4.93. The van der Waals surface area contributed by atoms with E-state index in [2.05, 4.69) is 20.3 Å². The maximum absolute atomic E-state index is 13.1. The fourth-order valence-corrected chi connectivity index (χ4v) is 2.19. The van der Waals surface area contributed by atoms with Crippen molar-refractivity contribution >= 4 is 16.9 Å². The molecule has 2 heterocycles. The summed E-state index contributed by atoms with van der Waals surface area (Å²) in [7, 11) is 0. The number of amides is 1. The van der Waals surface area contributed by atoms with Crippen molar-refractivity contribution in [2.24, 2.45) is 0 Å². The summed E-state index contributed by atoms with van der Waals surface area (Å²) in [4.78, 5) is 23.2. The molecule has 0 bridgehead atoms. The Balaban J connectivity index is 1.54. The zero-order valence-corrected chi connectivity index (χ0v) is 11.8. The maximum Gasteiger partial charge on any atom is 0.287 e. The van der Waals surface area contributed by atoms with Crippen LogP contribution in [0.1, 0.15) is 22.7 Å². The molecular formula is C16H15FN4O. The Morgan fingerprint density at radius 2 is 2.18 bits per heavy atom. The maximum atomic E-state index is 13.1. The lowest BCUT2D eigenvalue weighted by molar-refractivity contribution is 0.0944. The van der Waals surface area contributed by atoms with Gasteiger partial charge in [0.25, 0.3) is 5.91 Å². The van der Waals surface area contributed by atoms with E-state index in [0.29, 0.717) is 17.6 Å². The van der Waals surface area contributed by atoms with Crippen molar-refractivity contribution in [2.75, 3.05) is 6.54 Å². The fraction of sp³-hybridized carbons (Fsp3) is 0.188. The van der Waals surface area contributed by atoms with Gasteiger partial charge in [-0.25, -0.2) is 9.37 Å². The van der Waals surface area contributed by atoms with Gasteiger partial charge in [-0.05, 0) is 43.2 Å². The first-order chi connectivity index (χ1) is 10.7. The van der Waals surface area contributed by atoms with E-state index >= 15 is 0 Å². The number of aromatic amines is 1. The van der Waals surface area contributed by atoms with Crippen molar-refractivity contribution in [1.82, 2.24) is 20.3 Å². The van der Waals surface area contributed by atoms with Gasteiger partial charge in [-0.1, -0.05) is 6.07 Å². The number of carbonyl (C=O) groups is 1. The van der Waals surface area contributed by atoms with Gasteiger partial charge < -0.3 is 10.3 Å². The SMILES string of the molecule is O=C(NCCCc1ccccn1)c1nc2ccc(F)cc2[nH]1. The van der Waals surface area contributed by atoms with E-state index in [1.807, 2.05) is 18.2 Å². The summed E-state index contributed by atoms with van der Waals surface area (Å²) in [5.41, 5.74) is 2.08. The van der Waals surface area contributed by atoms with Crippen LogP contribution in [0.15, 0.2) is 42.6 Å². The number of H-pyrrole nitrogens is 1. The van der Waals surface area contributed by atoms with Gasteiger partial charge >= 0.3 is 0 Å². The van der Waals surface area contributed by atoms with Crippen molar-refractivity contribution in [3.63, 3.8) is 0 Å². The number of hydrogen-bond donors (Lipinski definition) is 2. The molecule has 0 fully saturated rings. The van der Waals surface area contributed by atoms with Gasteiger partial charge in [0.05, 0.1) is 11.0 Å². The highest BCUT2D eigenvalue weighted by atomic mass is 19.1. The summed E-state index contributed by atoms with van der Waals surface area (Å²) in [6.07, 6.45) is 3.34. The first-order valence-corrected chi connectivity index (χ1v) is 7.06. The monoisotopic (exact) mass is 298 g/mol. The number of halogens is 1. The summed E-state index contributed by atoms with van der Waals surface area (Å²) in [5, 5.41) is 2.79. The highest BCUT2D eigenvalue weighted by Gasteiger charge is 2.11. The number of carbonyl (C=O) groups excluding carboxylic acids is 1. The van der Waals surface area contributed by atoms with E-state index in [9.17, 15) is 9.18 Å². The molecule has 3 rings (SSSR count). The van der Waals surface area contributed by atoms with Crippen LogP contribution >= 0.6 is 0 Å². The third-order valence-electron chi connectivity index (χ3n) is 3.28. The van der Waals surface area contributed by atoms with Gasteiger partial charge in [0, 0.05) is 18.4 Å². The van der Waals surface area contributed by atoms with Crippen molar-refractivity contribution in [2.45, 2.75) is 12.8 Å². The third-order valence-corrected chi connectivity index (χ3v) is 3.28. The number of pyridine rings is 1. The normalized spacial score (nSPS) is 10.8. The van der Waals surface area contributed by atoms with Gasteiger partial charge in [0.15, 0.2) is 5.82 Å². The van der Waals surface area contributed by atoms with Gasteiger partial charge in [-0.3, -0.25) is 9.78 Å². The van der Waals surface area contributed by atoms with Crippen LogP contribution in [0.25, 0.3) is 11.0 Å². The number of aromatic nitrogens is 3. The van der Waals surface area contributed by atoms with Crippen LogP contribution in [0.5, 0.6) is 0 Å². The molecular weight excluding hydrogens is 283 g/mol. The Hall–Kier alpha value is -2.76. The Bertz CT molecular complexity index is 785. The molecule has 2 aromatic heterocycles.